The Morgan fingerprint density at radius 2 is 1.81 bits per heavy atom. The van der Waals surface area contributed by atoms with E-state index < -0.39 is 16.0 Å². The Bertz CT molecular complexity index is 978. The molecule has 0 saturated carbocycles. The summed E-state index contributed by atoms with van der Waals surface area (Å²) in [6.45, 7) is 0. The van der Waals surface area contributed by atoms with Crippen LogP contribution in [0.15, 0.2) is 63.2 Å². The third-order valence-electron chi connectivity index (χ3n) is 3.51. The van der Waals surface area contributed by atoms with E-state index in [1.54, 1.807) is 28.5 Å². The molecule has 21 heavy (non-hydrogen) atoms. The van der Waals surface area contributed by atoms with Crippen LogP contribution >= 0.6 is 11.8 Å². The standard InChI is InChI=1S/C15H8N2O3S/c18-15-9-4-3-7-13-14(9)16(8-11(15)17(19)20)10-5-1-2-6-12(10)21-13/h1-8H. The second-order valence-electron chi connectivity index (χ2n) is 4.69. The van der Waals surface area contributed by atoms with Gasteiger partial charge in [0.25, 0.3) is 5.43 Å². The number of nitrogens with zero attached hydrogens (tertiary/aromatic N) is 2. The van der Waals surface area contributed by atoms with Crippen LogP contribution in [0.4, 0.5) is 5.69 Å². The lowest BCUT2D eigenvalue weighted by atomic mass is 10.1. The maximum atomic E-state index is 12.3. The van der Waals surface area contributed by atoms with E-state index in [0.29, 0.717) is 5.39 Å². The molecule has 0 N–H and O–H groups in total. The van der Waals surface area contributed by atoms with Crippen LogP contribution in [0.1, 0.15) is 0 Å². The molecule has 1 aliphatic heterocycles. The van der Waals surface area contributed by atoms with Crippen molar-refractivity contribution in [3.8, 4) is 5.69 Å². The quantitative estimate of drug-likeness (QED) is 0.399. The lowest BCUT2D eigenvalue weighted by Gasteiger charge is -2.21. The van der Waals surface area contributed by atoms with Crippen molar-refractivity contribution in [2.45, 2.75) is 9.79 Å². The van der Waals surface area contributed by atoms with E-state index in [9.17, 15) is 14.9 Å². The van der Waals surface area contributed by atoms with Crippen molar-refractivity contribution >= 4 is 28.4 Å². The molecule has 0 fully saturated rings. The van der Waals surface area contributed by atoms with Crippen molar-refractivity contribution in [2.24, 2.45) is 0 Å². The minimum Gasteiger partial charge on any atom is -0.307 e. The highest BCUT2D eigenvalue weighted by molar-refractivity contribution is 7.99. The molecule has 0 spiro atoms. The van der Waals surface area contributed by atoms with E-state index in [4.69, 9.17) is 0 Å². The maximum Gasteiger partial charge on any atom is 0.333 e. The number of benzene rings is 2. The number of para-hydroxylation sites is 2. The van der Waals surface area contributed by atoms with Gasteiger partial charge in [0.1, 0.15) is 0 Å². The van der Waals surface area contributed by atoms with Gasteiger partial charge in [-0.15, -0.1) is 0 Å². The molecule has 1 aliphatic rings. The van der Waals surface area contributed by atoms with Crippen LogP contribution in [-0.2, 0) is 0 Å². The second-order valence-corrected chi connectivity index (χ2v) is 5.78. The van der Waals surface area contributed by atoms with Gasteiger partial charge in [0.05, 0.1) is 27.7 Å². The summed E-state index contributed by atoms with van der Waals surface area (Å²) in [5.41, 5.74) is 0.653. The lowest BCUT2D eigenvalue weighted by Crippen LogP contribution is -2.15. The van der Waals surface area contributed by atoms with Gasteiger partial charge in [0, 0.05) is 9.79 Å². The number of hydrogen-bond acceptors (Lipinski definition) is 4. The molecule has 0 aliphatic carbocycles. The number of rotatable bonds is 1. The summed E-state index contributed by atoms with van der Waals surface area (Å²) in [6.07, 6.45) is 1.33. The van der Waals surface area contributed by atoms with Crippen molar-refractivity contribution in [1.82, 2.24) is 4.57 Å². The van der Waals surface area contributed by atoms with Crippen LogP contribution < -0.4 is 5.43 Å². The van der Waals surface area contributed by atoms with Gasteiger partial charge >= 0.3 is 5.69 Å². The summed E-state index contributed by atoms with van der Waals surface area (Å²) < 4.78 is 1.75. The van der Waals surface area contributed by atoms with Crippen LogP contribution in [-0.4, -0.2) is 9.49 Å². The molecule has 4 rings (SSSR count). The van der Waals surface area contributed by atoms with E-state index in [1.807, 2.05) is 30.3 Å². The number of fused-ring (bicyclic) bond motifs is 2. The number of nitro groups is 1. The zero-order chi connectivity index (χ0) is 14.6. The molecule has 5 nitrogen and oxygen atoms in total. The van der Waals surface area contributed by atoms with Crippen LogP contribution in [0, 0.1) is 10.1 Å². The van der Waals surface area contributed by atoms with Crippen molar-refractivity contribution in [3.63, 3.8) is 0 Å². The van der Waals surface area contributed by atoms with Gasteiger partial charge in [-0.05, 0) is 24.3 Å². The third kappa shape index (κ3) is 1.62. The highest BCUT2D eigenvalue weighted by Crippen LogP contribution is 2.41. The fraction of sp³-hybridized carbons (Fsp3) is 0. The predicted molar refractivity (Wildman–Crippen MR) is 80.3 cm³/mol. The average Bonchev–Trinajstić information content (AvgIpc) is 2.49. The molecule has 0 saturated heterocycles. The van der Waals surface area contributed by atoms with Gasteiger partial charge < -0.3 is 4.57 Å². The third-order valence-corrected chi connectivity index (χ3v) is 4.62. The van der Waals surface area contributed by atoms with Gasteiger partial charge in [0.15, 0.2) is 0 Å². The normalized spacial score (nSPS) is 12.2. The summed E-state index contributed by atoms with van der Waals surface area (Å²) in [7, 11) is 0. The van der Waals surface area contributed by atoms with Gasteiger partial charge in [-0.2, -0.15) is 0 Å². The first-order valence-corrected chi connectivity index (χ1v) is 7.08. The van der Waals surface area contributed by atoms with E-state index in [0.717, 1.165) is 21.0 Å². The molecule has 0 atom stereocenters. The first-order chi connectivity index (χ1) is 10.2. The van der Waals surface area contributed by atoms with Crippen molar-refractivity contribution in [2.75, 3.05) is 0 Å². The molecule has 3 aromatic rings. The van der Waals surface area contributed by atoms with Gasteiger partial charge in [-0.3, -0.25) is 14.9 Å². The smallest absolute Gasteiger partial charge is 0.307 e. The number of aromatic nitrogens is 1. The molecule has 102 valence electrons. The Hall–Kier alpha value is -2.60. The molecule has 1 aromatic heterocycles. The van der Waals surface area contributed by atoms with Crippen molar-refractivity contribution in [3.05, 3.63) is 69.0 Å². The maximum absolute atomic E-state index is 12.3. The summed E-state index contributed by atoms with van der Waals surface area (Å²) >= 11 is 1.57. The first kappa shape index (κ1) is 12.2. The first-order valence-electron chi connectivity index (χ1n) is 6.27. The fourth-order valence-electron chi connectivity index (χ4n) is 2.60. The summed E-state index contributed by atoms with van der Waals surface area (Å²) in [5.74, 6) is 0. The van der Waals surface area contributed by atoms with E-state index in [-0.39, 0.29) is 0 Å². The largest absolute Gasteiger partial charge is 0.333 e. The Kier molecular flexibility index (Phi) is 2.43. The molecule has 0 unspecified atom stereocenters. The zero-order valence-corrected chi connectivity index (χ0v) is 11.5. The van der Waals surface area contributed by atoms with E-state index >= 15 is 0 Å². The summed E-state index contributed by atoms with van der Waals surface area (Å²) in [5, 5.41) is 11.5. The van der Waals surface area contributed by atoms with Gasteiger partial charge in [0.2, 0.25) is 0 Å². The summed E-state index contributed by atoms with van der Waals surface area (Å²) in [4.78, 5) is 24.7. The molecule has 0 amide bonds. The second kappa shape index (κ2) is 4.20. The van der Waals surface area contributed by atoms with Crippen LogP contribution in [0.25, 0.3) is 16.6 Å². The zero-order valence-electron chi connectivity index (χ0n) is 10.6. The topological polar surface area (TPSA) is 65.1 Å². The Morgan fingerprint density at radius 1 is 1.05 bits per heavy atom. The molecule has 0 radical (unpaired) electrons. The van der Waals surface area contributed by atoms with Gasteiger partial charge in [-0.1, -0.05) is 30.0 Å². The Balaban J connectivity index is 2.24. The van der Waals surface area contributed by atoms with Crippen molar-refractivity contribution in [1.29, 1.82) is 0 Å². The minimum atomic E-state index is -0.623. The molecule has 2 aromatic carbocycles. The molecule has 0 bridgehead atoms. The fourth-order valence-corrected chi connectivity index (χ4v) is 3.71. The average molecular weight is 296 g/mol. The van der Waals surface area contributed by atoms with Crippen LogP contribution in [0.2, 0.25) is 0 Å². The number of pyridine rings is 1. The highest BCUT2D eigenvalue weighted by Gasteiger charge is 2.24. The molecular weight excluding hydrogens is 288 g/mol. The predicted octanol–water partition coefficient (Wildman–Crippen LogP) is 3.36. The van der Waals surface area contributed by atoms with Crippen LogP contribution in [0.5, 0.6) is 0 Å². The van der Waals surface area contributed by atoms with E-state index in [2.05, 4.69) is 0 Å². The van der Waals surface area contributed by atoms with Gasteiger partial charge in [-0.25, -0.2) is 0 Å². The van der Waals surface area contributed by atoms with Crippen LogP contribution in [0.3, 0.4) is 0 Å². The lowest BCUT2D eigenvalue weighted by molar-refractivity contribution is -0.386. The number of hydrogen-bond donors (Lipinski definition) is 0. The SMILES string of the molecule is O=c1c([N+](=O)[O-])cn2c3c(cccc13)Sc1ccccc1-2. The minimum absolute atomic E-state index is 0.378. The molecule has 6 heteroatoms. The van der Waals surface area contributed by atoms with Crippen molar-refractivity contribution < 1.29 is 4.92 Å². The summed E-state index contributed by atoms with van der Waals surface area (Å²) in [6, 6.07) is 13.0. The monoisotopic (exact) mass is 296 g/mol. The molecule has 2 heterocycles. The van der Waals surface area contributed by atoms with E-state index in [1.165, 1.54) is 6.20 Å². The highest BCUT2D eigenvalue weighted by atomic mass is 32.2. The Labute approximate surface area is 123 Å². The molecular formula is C15H8N2O3S. The Morgan fingerprint density at radius 3 is 2.62 bits per heavy atom.